The lowest BCUT2D eigenvalue weighted by atomic mass is 9.98. The molecule has 8 heteroatoms. The Kier molecular flexibility index (Phi) is 6.55. The molecular formula is C24H20BrF2NO4. The van der Waals surface area contributed by atoms with Crippen LogP contribution in [0.2, 0.25) is 0 Å². The number of alkyl carbamates (subject to hydrolysis) is 1. The number of halogens is 3. The Bertz CT molecular complexity index is 1090. The number of aliphatic hydroxyl groups excluding tert-OH is 2. The number of nitrogens with one attached hydrogen (secondary N) is 1. The van der Waals surface area contributed by atoms with Crippen LogP contribution in [-0.4, -0.2) is 35.6 Å². The number of benzene rings is 3. The van der Waals surface area contributed by atoms with Crippen molar-refractivity contribution in [3.8, 4) is 11.1 Å². The SMILES string of the molecule is O=C(NCC(O)C(O)c1c(F)cc(Br)cc1F)OCC1c2ccccc2-c2ccccc21. The summed E-state index contributed by atoms with van der Waals surface area (Å²) >= 11 is 2.95. The quantitative estimate of drug-likeness (QED) is 0.457. The maximum atomic E-state index is 14.0. The van der Waals surface area contributed by atoms with Crippen LogP contribution in [0.3, 0.4) is 0 Å². The molecule has 4 rings (SSSR count). The van der Waals surface area contributed by atoms with E-state index in [9.17, 15) is 23.8 Å². The summed E-state index contributed by atoms with van der Waals surface area (Å²) in [6.45, 7) is -0.374. The van der Waals surface area contributed by atoms with Gasteiger partial charge in [0.05, 0.1) is 5.56 Å². The van der Waals surface area contributed by atoms with Crippen molar-refractivity contribution in [3.63, 3.8) is 0 Å². The number of carbonyl (C=O) groups excluding carboxylic acids is 1. The van der Waals surface area contributed by atoms with E-state index in [4.69, 9.17) is 4.74 Å². The van der Waals surface area contributed by atoms with Gasteiger partial charge in [-0.2, -0.15) is 0 Å². The maximum Gasteiger partial charge on any atom is 0.407 e. The molecular weight excluding hydrogens is 484 g/mol. The molecule has 1 amide bonds. The molecule has 0 radical (unpaired) electrons. The Morgan fingerprint density at radius 2 is 1.53 bits per heavy atom. The largest absolute Gasteiger partial charge is 0.449 e. The van der Waals surface area contributed by atoms with Crippen molar-refractivity contribution in [1.29, 1.82) is 0 Å². The van der Waals surface area contributed by atoms with Crippen molar-refractivity contribution in [2.75, 3.05) is 13.2 Å². The number of amides is 1. The maximum absolute atomic E-state index is 14.0. The van der Waals surface area contributed by atoms with Crippen LogP contribution < -0.4 is 5.32 Å². The van der Waals surface area contributed by atoms with E-state index in [0.717, 1.165) is 34.4 Å². The zero-order valence-corrected chi connectivity index (χ0v) is 18.4. The van der Waals surface area contributed by atoms with Gasteiger partial charge in [-0.15, -0.1) is 0 Å². The van der Waals surface area contributed by atoms with Crippen molar-refractivity contribution in [2.45, 2.75) is 18.1 Å². The lowest BCUT2D eigenvalue weighted by Gasteiger charge is -2.20. The molecule has 0 saturated heterocycles. The van der Waals surface area contributed by atoms with Crippen molar-refractivity contribution in [1.82, 2.24) is 5.32 Å². The summed E-state index contributed by atoms with van der Waals surface area (Å²) in [5.41, 5.74) is 3.62. The topological polar surface area (TPSA) is 78.8 Å². The van der Waals surface area contributed by atoms with E-state index < -0.39 is 42.0 Å². The van der Waals surface area contributed by atoms with Crippen LogP contribution in [0.1, 0.15) is 28.7 Å². The fourth-order valence-electron chi connectivity index (χ4n) is 3.98. The average molecular weight is 504 g/mol. The van der Waals surface area contributed by atoms with Gasteiger partial charge >= 0.3 is 6.09 Å². The number of aliphatic hydroxyl groups is 2. The zero-order valence-electron chi connectivity index (χ0n) is 16.8. The second kappa shape index (κ2) is 9.36. The van der Waals surface area contributed by atoms with E-state index in [1.165, 1.54) is 0 Å². The van der Waals surface area contributed by atoms with Crippen LogP contribution in [0.4, 0.5) is 13.6 Å². The summed E-state index contributed by atoms with van der Waals surface area (Å²) in [6, 6.07) is 17.7. The Balaban J connectivity index is 1.36. The summed E-state index contributed by atoms with van der Waals surface area (Å²) in [4.78, 5) is 12.2. The first-order chi connectivity index (χ1) is 15.4. The Labute approximate surface area is 191 Å². The summed E-state index contributed by atoms with van der Waals surface area (Å²) in [7, 11) is 0. The summed E-state index contributed by atoms with van der Waals surface area (Å²) in [5, 5.41) is 22.6. The van der Waals surface area contributed by atoms with Crippen LogP contribution in [0.25, 0.3) is 11.1 Å². The lowest BCUT2D eigenvalue weighted by Crippen LogP contribution is -2.36. The monoisotopic (exact) mass is 503 g/mol. The van der Waals surface area contributed by atoms with E-state index in [2.05, 4.69) is 21.2 Å². The summed E-state index contributed by atoms with van der Waals surface area (Å²) in [6.07, 6.45) is -4.31. The predicted octanol–water partition coefficient (Wildman–Crippen LogP) is 4.66. The van der Waals surface area contributed by atoms with Gasteiger partial charge in [-0.25, -0.2) is 13.6 Å². The van der Waals surface area contributed by atoms with Gasteiger partial charge < -0.3 is 20.3 Å². The Morgan fingerprint density at radius 1 is 1.00 bits per heavy atom. The highest BCUT2D eigenvalue weighted by Crippen LogP contribution is 2.44. The highest BCUT2D eigenvalue weighted by Gasteiger charge is 2.30. The molecule has 0 aromatic heterocycles. The van der Waals surface area contributed by atoms with Gasteiger partial charge in [-0.3, -0.25) is 0 Å². The third-order valence-electron chi connectivity index (χ3n) is 5.50. The standard InChI is InChI=1S/C24H20BrF2NO4/c25-13-9-19(26)22(20(27)10-13)23(30)21(29)11-28-24(31)32-12-18-16-7-3-1-5-14(16)15-6-2-4-8-17(15)18/h1-10,18,21,23,29-30H,11-12H2,(H,28,31). The molecule has 3 aromatic carbocycles. The highest BCUT2D eigenvalue weighted by atomic mass is 79.9. The normalized spacial score (nSPS) is 14.4. The molecule has 2 unspecified atom stereocenters. The van der Waals surface area contributed by atoms with Gasteiger partial charge in [0.2, 0.25) is 0 Å². The number of fused-ring (bicyclic) bond motifs is 3. The van der Waals surface area contributed by atoms with Crippen molar-refractivity contribution < 1.29 is 28.5 Å². The van der Waals surface area contributed by atoms with Gasteiger partial charge in [0.15, 0.2) is 0 Å². The average Bonchev–Trinajstić information content (AvgIpc) is 3.09. The van der Waals surface area contributed by atoms with Gasteiger partial charge in [0, 0.05) is 16.9 Å². The first-order valence-corrected chi connectivity index (χ1v) is 10.8. The van der Waals surface area contributed by atoms with Gasteiger partial charge in [0.1, 0.15) is 30.4 Å². The van der Waals surface area contributed by atoms with Crippen LogP contribution in [0.5, 0.6) is 0 Å². The van der Waals surface area contributed by atoms with Crippen molar-refractivity contribution in [3.05, 3.63) is 93.5 Å². The third kappa shape index (κ3) is 4.39. The highest BCUT2D eigenvalue weighted by molar-refractivity contribution is 9.10. The van der Waals surface area contributed by atoms with E-state index in [1.54, 1.807) is 0 Å². The number of ether oxygens (including phenoxy) is 1. The first kappa shape index (κ1) is 22.4. The van der Waals surface area contributed by atoms with Gasteiger partial charge in [-0.1, -0.05) is 64.5 Å². The van der Waals surface area contributed by atoms with Gasteiger partial charge in [-0.05, 0) is 34.4 Å². The Hall–Kier alpha value is -2.81. The molecule has 0 heterocycles. The van der Waals surface area contributed by atoms with Crippen LogP contribution in [-0.2, 0) is 4.74 Å². The minimum atomic E-state index is -1.86. The number of carbonyl (C=O) groups is 1. The molecule has 3 N–H and O–H groups in total. The summed E-state index contributed by atoms with van der Waals surface area (Å²) in [5.74, 6) is -2.15. The smallest absolute Gasteiger partial charge is 0.407 e. The molecule has 0 aliphatic heterocycles. The number of hydrogen-bond acceptors (Lipinski definition) is 4. The molecule has 1 aliphatic rings. The van der Waals surface area contributed by atoms with Crippen LogP contribution in [0, 0.1) is 11.6 Å². The summed E-state index contributed by atoms with van der Waals surface area (Å²) < 4.78 is 33.5. The van der Waals surface area contributed by atoms with Crippen molar-refractivity contribution in [2.24, 2.45) is 0 Å². The zero-order chi connectivity index (χ0) is 22.8. The number of hydrogen-bond donors (Lipinski definition) is 3. The molecule has 0 spiro atoms. The molecule has 0 bridgehead atoms. The van der Waals surface area contributed by atoms with E-state index in [0.29, 0.717) is 0 Å². The van der Waals surface area contributed by atoms with E-state index in [1.807, 2.05) is 48.5 Å². The molecule has 166 valence electrons. The molecule has 0 fully saturated rings. The van der Waals surface area contributed by atoms with E-state index >= 15 is 0 Å². The lowest BCUT2D eigenvalue weighted by molar-refractivity contribution is 0.0144. The minimum absolute atomic E-state index is 0.0779. The second-order valence-electron chi connectivity index (χ2n) is 7.50. The van der Waals surface area contributed by atoms with Gasteiger partial charge in [0.25, 0.3) is 0 Å². The van der Waals surface area contributed by atoms with Crippen molar-refractivity contribution >= 4 is 22.0 Å². The molecule has 1 aliphatic carbocycles. The molecule has 5 nitrogen and oxygen atoms in total. The molecule has 0 saturated carbocycles. The van der Waals surface area contributed by atoms with E-state index in [-0.39, 0.29) is 17.0 Å². The molecule has 3 aromatic rings. The number of rotatable bonds is 6. The van der Waals surface area contributed by atoms with Crippen LogP contribution >= 0.6 is 15.9 Å². The third-order valence-corrected chi connectivity index (χ3v) is 5.96. The Morgan fingerprint density at radius 3 is 2.09 bits per heavy atom. The molecule has 2 atom stereocenters. The predicted molar refractivity (Wildman–Crippen MR) is 118 cm³/mol. The fourth-order valence-corrected chi connectivity index (χ4v) is 4.38. The first-order valence-electron chi connectivity index (χ1n) is 9.96. The fraction of sp³-hybridized carbons (Fsp3) is 0.208. The van der Waals surface area contributed by atoms with Crippen LogP contribution in [0.15, 0.2) is 65.1 Å². The minimum Gasteiger partial charge on any atom is -0.449 e. The molecule has 32 heavy (non-hydrogen) atoms. The second-order valence-corrected chi connectivity index (χ2v) is 8.42.